The lowest BCUT2D eigenvalue weighted by atomic mass is 9.72. The number of phenolic OH excluding ortho intramolecular Hbond substituents is 1. The highest BCUT2D eigenvalue weighted by Crippen LogP contribution is 2.37. The summed E-state index contributed by atoms with van der Waals surface area (Å²) in [5, 5.41) is 10.4. The minimum absolute atomic E-state index is 0.0429. The summed E-state index contributed by atoms with van der Waals surface area (Å²) < 4.78 is 5.78. The second-order valence-electron chi connectivity index (χ2n) is 10.9. The zero-order valence-corrected chi connectivity index (χ0v) is 21.0. The Hall–Kier alpha value is -2.29. The minimum Gasteiger partial charge on any atom is -0.507 e. The van der Waals surface area contributed by atoms with E-state index in [0.717, 1.165) is 30.4 Å². The van der Waals surface area contributed by atoms with Gasteiger partial charge in [-0.1, -0.05) is 97.9 Å². The summed E-state index contributed by atoms with van der Waals surface area (Å²) in [5.41, 5.74) is 2.31. The van der Waals surface area contributed by atoms with E-state index in [1.807, 2.05) is 30.3 Å². The maximum absolute atomic E-state index is 13.0. The van der Waals surface area contributed by atoms with Crippen LogP contribution in [0.1, 0.15) is 108 Å². The fourth-order valence-electron chi connectivity index (χ4n) is 4.61. The molecule has 0 aromatic heterocycles. The molecule has 3 heteroatoms. The Bertz CT molecular complexity index is 874. The minimum atomic E-state index is -0.508. The van der Waals surface area contributed by atoms with Gasteiger partial charge in [-0.25, -0.2) is 4.79 Å². The summed E-state index contributed by atoms with van der Waals surface area (Å²) in [6, 6.07) is 13.0. The number of unbranched alkanes of at least 4 members (excludes halogenated alkanes) is 5. The van der Waals surface area contributed by atoms with Gasteiger partial charge in [0.1, 0.15) is 17.1 Å². The predicted molar refractivity (Wildman–Crippen MR) is 134 cm³/mol. The van der Waals surface area contributed by atoms with Gasteiger partial charge in [-0.15, -0.1) is 0 Å². The highest BCUT2D eigenvalue weighted by molar-refractivity contribution is 5.94. The molecule has 0 radical (unpaired) electrons. The number of phenols is 1. The van der Waals surface area contributed by atoms with Crippen LogP contribution < -0.4 is 4.74 Å². The number of benzene rings is 2. The lowest BCUT2D eigenvalue weighted by molar-refractivity contribution is 0.0729. The summed E-state index contributed by atoms with van der Waals surface area (Å²) in [5.74, 6) is 0.0369. The fraction of sp³-hybridized carbons (Fsp3) is 0.552. The van der Waals surface area contributed by atoms with Crippen LogP contribution in [-0.2, 0) is 11.8 Å². The van der Waals surface area contributed by atoms with Crippen molar-refractivity contribution < 1.29 is 14.6 Å². The maximum Gasteiger partial charge on any atom is 0.347 e. The molecular weight excluding hydrogens is 396 g/mol. The molecule has 0 heterocycles. The van der Waals surface area contributed by atoms with Crippen LogP contribution >= 0.6 is 0 Å². The Labute approximate surface area is 195 Å². The second kappa shape index (κ2) is 11.5. The molecule has 0 spiro atoms. The van der Waals surface area contributed by atoms with Gasteiger partial charge in [-0.05, 0) is 59.4 Å². The number of ether oxygens (including phenoxy) is 1. The average molecular weight is 439 g/mol. The van der Waals surface area contributed by atoms with Crippen molar-refractivity contribution >= 4 is 5.97 Å². The van der Waals surface area contributed by atoms with E-state index in [2.05, 4.69) is 41.5 Å². The average Bonchev–Trinajstić information content (AvgIpc) is 2.70. The van der Waals surface area contributed by atoms with Crippen LogP contribution in [0.5, 0.6) is 11.5 Å². The number of para-hydroxylation sites is 1. The van der Waals surface area contributed by atoms with Crippen molar-refractivity contribution in [3.8, 4) is 11.5 Å². The van der Waals surface area contributed by atoms with Crippen LogP contribution in [0, 0.1) is 5.41 Å². The Morgan fingerprint density at radius 3 is 2.25 bits per heavy atom. The van der Waals surface area contributed by atoms with Crippen molar-refractivity contribution in [2.45, 2.75) is 98.3 Å². The molecule has 176 valence electrons. The first kappa shape index (κ1) is 26.0. The zero-order chi connectivity index (χ0) is 23.8. The summed E-state index contributed by atoms with van der Waals surface area (Å²) in [6.45, 7) is 13.2. The van der Waals surface area contributed by atoms with Gasteiger partial charge >= 0.3 is 5.97 Å². The smallest absolute Gasteiger partial charge is 0.347 e. The first-order valence-electron chi connectivity index (χ1n) is 12.2. The van der Waals surface area contributed by atoms with Crippen molar-refractivity contribution in [1.82, 2.24) is 0 Å². The van der Waals surface area contributed by atoms with E-state index in [4.69, 9.17) is 4.74 Å². The van der Waals surface area contributed by atoms with Crippen LogP contribution in [-0.4, -0.2) is 11.1 Å². The van der Waals surface area contributed by atoms with Crippen molar-refractivity contribution in [2.24, 2.45) is 5.41 Å². The molecule has 2 rings (SSSR count). The van der Waals surface area contributed by atoms with Gasteiger partial charge in [0.15, 0.2) is 0 Å². The fourth-order valence-corrected chi connectivity index (χ4v) is 4.61. The van der Waals surface area contributed by atoms with E-state index in [0.29, 0.717) is 5.75 Å². The maximum atomic E-state index is 13.0. The third-order valence-electron chi connectivity index (χ3n) is 5.95. The van der Waals surface area contributed by atoms with Gasteiger partial charge in [-0.2, -0.15) is 0 Å². The Morgan fingerprint density at radius 1 is 0.906 bits per heavy atom. The highest BCUT2D eigenvalue weighted by atomic mass is 16.5. The third kappa shape index (κ3) is 8.00. The third-order valence-corrected chi connectivity index (χ3v) is 5.95. The molecular formula is C29H42O3. The monoisotopic (exact) mass is 438 g/mol. The normalized spacial score (nSPS) is 12.1. The van der Waals surface area contributed by atoms with E-state index in [1.54, 1.807) is 12.1 Å². The SMILES string of the molecule is CCCCCCCCc1ccccc1OC(=O)c1cc(C(C)(C)CC(C)(C)C)ccc1O. The van der Waals surface area contributed by atoms with Crippen LogP contribution in [0.2, 0.25) is 0 Å². The largest absolute Gasteiger partial charge is 0.507 e. The number of aromatic hydroxyl groups is 1. The number of carbonyl (C=O) groups excluding carboxylic acids is 1. The van der Waals surface area contributed by atoms with Gasteiger partial charge < -0.3 is 9.84 Å². The molecule has 0 saturated heterocycles. The Morgan fingerprint density at radius 2 is 1.56 bits per heavy atom. The topological polar surface area (TPSA) is 46.5 Å². The molecule has 0 fully saturated rings. The van der Waals surface area contributed by atoms with E-state index < -0.39 is 5.97 Å². The lowest BCUT2D eigenvalue weighted by Gasteiger charge is -2.33. The molecule has 0 amide bonds. The molecule has 2 aromatic rings. The van der Waals surface area contributed by atoms with Gasteiger partial charge in [0, 0.05) is 0 Å². The standard InChI is InChI=1S/C29H42O3/c1-7-8-9-10-11-12-15-22-16-13-14-17-26(22)32-27(31)24-20-23(18-19-25(24)30)29(5,6)21-28(2,3)4/h13-14,16-20,30H,7-12,15,21H2,1-6H3. The molecule has 2 aromatic carbocycles. The Balaban J connectivity index is 2.13. The molecule has 32 heavy (non-hydrogen) atoms. The van der Waals surface area contributed by atoms with Gasteiger partial charge in [-0.3, -0.25) is 0 Å². The number of carbonyl (C=O) groups is 1. The molecule has 0 aliphatic carbocycles. The molecule has 0 aliphatic rings. The Kier molecular flexibility index (Phi) is 9.36. The van der Waals surface area contributed by atoms with E-state index in [9.17, 15) is 9.90 Å². The summed E-state index contributed by atoms with van der Waals surface area (Å²) in [7, 11) is 0. The molecule has 1 N–H and O–H groups in total. The van der Waals surface area contributed by atoms with E-state index >= 15 is 0 Å². The lowest BCUT2D eigenvalue weighted by Crippen LogP contribution is -2.25. The van der Waals surface area contributed by atoms with Crippen LogP contribution in [0.15, 0.2) is 42.5 Å². The summed E-state index contributed by atoms with van der Waals surface area (Å²) >= 11 is 0. The zero-order valence-electron chi connectivity index (χ0n) is 21.0. The van der Waals surface area contributed by atoms with Crippen LogP contribution in [0.4, 0.5) is 0 Å². The van der Waals surface area contributed by atoms with E-state index in [-0.39, 0.29) is 22.1 Å². The molecule has 0 aliphatic heterocycles. The highest BCUT2D eigenvalue weighted by Gasteiger charge is 2.29. The quantitative estimate of drug-likeness (QED) is 0.218. The van der Waals surface area contributed by atoms with Crippen LogP contribution in [0.25, 0.3) is 0 Å². The predicted octanol–water partition coefficient (Wildman–Crippen LogP) is 8.23. The van der Waals surface area contributed by atoms with Crippen molar-refractivity contribution in [3.05, 3.63) is 59.2 Å². The number of hydrogen-bond acceptors (Lipinski definition) is 3. The first-order chi connectivity index (χ1) is 15.0. The number of aryl methyl sites for hydroxylation is 1. The van der Waals surface area contributed by atoms with Gasteiger partial charge in [0.2, 0.25) is 0 Å². The molecule has 0 unspecified atom stereocenters. The van der Waals surface area contributed by atoms with E-state index in [1.165, 1.54) is 32.1 Å². The number of rotatable bonds is 11. The van der Waals surface area contributed by atoms with Crippen LogP contribution in [0.3, 0.4) is 0 Å². The molecule has 0 bridgehead atoms. The second-order valence-corrected chi connectivity index (χ2v) is 10.9. The number of esters is 1. The van der Waals surface area contributed by atoms with Crippen molar-refractivity contribution in [1.29, 1.82) is 0 Å². The molecule has 0 atom stereocenters. The molecule has 0 saturated carbocycles. The van der Waals surface area contributed by atoms with Crippen molar-refractivity contribution in [2.75, 3.05) is 0 Å². The summed E-state index contributed by atoms with van der Waals surface area (Å²) in [4.78, 5) is 13.0. The first-order valence-corrected chi connectivity index (χ1v) is 12.2. The van der Waals surface area contributed by atoms with Gasteiger partial charge in [0.05, 0.1) is 0 Å². The number of hydrogen-bond donors (Lipinski definition) is 1. The van der Waals surface area contributed by atoms with Crippen molar-refractivity contribution in [3.63, 3.8) is 0 Å². The molecule has 3 nitrogen and oxygen atoms in total. The summed E-state index contributed by atoms with van der Waals surface area (Å²) in [6.07, 6.45) is 9.20. The van der Waals surface area contributed by atoms with Gasteiger partial charge in [0.25, 0.3) is 0 Å².